The Bertz CT molecular complexity index is 432. The molecule has 1 aromatic rings. The van der Waals surface area contributed by atoms with E-state index in [-0.39, 0.29) is 5.97 Å². The Morgan fingerprint density at radius 1 is 1.47 bits per heavy atom. The Morgan fingerprint density at radius 3 is 2.63 bits per heavy atom. The number of aryl methyl sites for hydroxylation is 2. The van der Waals surface area contributed by atoms with Crippen LogP contribution in [0.1, 0.15) is 31.7 Å². The molecule has 0 aliphatic heterocycles. The van der Waals surface area contributed by atoms with Gasteiger partial charge in [-0.3, -0.25) is 14.4 Å². The molecule has 0 aliphatic rings. The first kappa shape index (κ1) is 16.0. The lowest BCUT2D eigenvalue weighted by Gasteiger charge is -2.19. The molecule has 0 bridgehead atoms. The number of hydrogen-bond acceptors (Lipinski definition) is 4. The summed E-state index contributed by atoms with van der Waals surface area (Å²) in [6, 6.07) is 0. The standard InChI is InChI=1S/C13H22ClN3O2/c1-5-10-13(14)11(16(3)15-10)9-17(6-2)8-7-12(18)19-4/h5-9H2,1-4H3. The van der Waals surface area contributed by atoms with Crippen LogP contribution in [0, 0.1) is 0 Å². The number of carbonyl (C=O) groups excluding carboxylic acids is 1. The number of rotatable bonds is 7. The van der Waals surface area contributed by atoms with Crippen molar-refractivity contribution >= 4 is 17.6 Å². The summed E-state index contributed by atoms with van der Waals surface area (Å²) in [6.07, 6.45) is 1.21. The van der Waals surface area contributed by atoms with Gasteiger partial charge in [-0.05, 0) is 13.0 Å². The fraction of sp³-hybridized carbons (Fsp3) is 0.692. The summed E-state index contributed by atoms with van der Waals surface area (Å²) >= 11 is 6.32. The highest BCUT2D eigenvalue weighted by Crippen LogP contribution is 2.22. The minimum Gasteiger partial charge on any atom is -0.469 e. The molecular formula is C13H22ClN3O2. The van der Waals surface area contributed by atoms with Crippen LogP contribution in [0.25, 0.3) is 0 Å². The van der Waals surface area contributed by atoms with E-state index in [1.54, 1.807) is 0 Å². The molecule has 1 heterocycles. The third-order valence-electron chi connectivity index (χ3n) is 3.18. The lowest BCUT2D eigenvalue weighted by molar-refractivity contribution is -0.141. The van der Waals surface area contributed by atoms with Crippen LogP contribution in [0.2, 0.25) is 5.02 Å². The quantitative estimate of drug-likeness (QED) is 0.720. The van der Waals surface area contributed by atoms with Gasteiger partial charge < -0.3 is 4.74 Å². The molecule has 108 valence electrons. The van der Waals surface area contributed by atoms with Crippen molar-refractivity contribution in [2.45, 2.75) is 33.2 Å². The minimum atomic E-state index is -0.191. The third kappa shape index (κ3) is 4.21. The predicted octanol–water partition coefficient (Wildman–Crippen LogP) is 2.02. The van der Waals surface area contributed by atoms with E-state index in [9.17, 15) is 4.79 Å². The summed E-state index contributed by atoms with van der Waals surface area (Å²) in [7, 11) is 3.30. The fourth-order valence-corrected chi connectivity index (χ4v) is 2.26. The summed E-state index contributed by atoms with van der Waals surface area (Å²) in [5.74, 6) is -0.191. The molecule has 6 heteroatoms. The van der Waals surface area contributed by atoms with Gasteiger partial charge in [0.15, 0.2) is 0 Å². The van der Waals surface area contributed by atoms with E-state index in [0.29, 0.717) is 19.5 Å². The van der Waals surface area contributed by atoms with E-state index in [1.165, 1.54) is 7.11 Å². The van der Waals surface area contributed by atoms with E-state index >= 15 is 0 Å². The first-order valence-electron chi connectivity index (χ1n) is 6.52. The largest absolute Gasteiger partial charge is 0.469 e. The third-order valence-corrected chi connectivity index (χ3v) is 3.62. The van der Waals surface area contributed by atoms with Crippen LogP contribution in [0.3, 0.4) is 0 Å². The zero-order valence-corrected chi connectivity index (χ0v) is 12.8. The van der Waals surface area contributed by atoms with Crippen LogP contribution in [-0.2, 0) is 29.5 Å². The van der Waals surface area contributed by atoms with Gasteiger partial charge in [-0.15, -0.1) is 0 Å². The number of methoxy groups -OCH3 is 1. The van der Waals surface area contributed by atoms with Gasteiger partial charge in [-0.2, -0.15) is 5.10 Å². The van der Waals surface area contributed by atoms with Crippen LogP contribution in [-0.4, -0.2) is 40.8 Å². The average Bonchev–Trinajstić information content (AvgIpc) is 2.69. The Labute approximate surface area is 119 Å². The SMILES string of the molecule is CCc1nn(C)c(CN(CC)CCC(=O)OC)c1Cl. The predicted molar refractivity (Wildman–Crippen MR) is 75.2 cm³/mol. The van der Waals surface area contributed by atoms with Crippen LogP contribution in [0.5, 0.6) is 0 Å². The van der Waals surface area contributed by atoms with Crippen LogP contribution >= 0.6 is 11.6 Å². The Hall–Kier alpha value is -1.07. The van der Waals surface area contributed by atoms with Crippen molar-refractivity contribution in [1.82, 2.24) is 14.7 Å². The molecule has 0 aliphatic carbocycles. The molecule has 0 aromatic carbocycles. The molecule has 0 saturated heterocycles. The van der Waals surface area contributed by atoms with E-state index in [4.69, 9.17) is 11.6 Å². The monoisotopic (exact) mass is 287 g/mol. The highest BCUT2D eigenvalue weighted by molar-refractivity contribution is 6.31. The number of aromatic nitrogens is 2. The molecule has 19 heavy (non-hydrogen) atoms. The summed E-state index contributed by atoms with van der Waals surface area (Å²) in [6.45, 7) is 6.29. The molecular weight excluding hydrogens is 266 g/mol. The smallest absolute Gasteiger partial charge is 0.306 e. The maximum Gasteiger partial charge on any atom is 0.306 e. The molecule has 0 N–H and O–H groups in total. The minimum absolute atomic E-state index is 0.191. The first-order chi connectivity index (χ1) is 9.03. The van der Waals surface area contributed by atoms with Gasteiger partial charge in [0.05, 0.1) is 29.9 Å². The second kappa shape index (κ2) is 7.50. The number of halogens is 1. The lowest BCUT2D eigenvalue weighted by Crippen LogP contribution is -2.27. The highest BCUT2D eigenvalue weighted by Gasteiger charge is 2.16. The zero-order chi connectivity index (χ0) is 14.4. The summed E-state index contributed by atoms with van der Waals surface area (Å²) in [4.78, 5) is 13.3. The first-order valence-corrected chi connectivity index (χ1v) is 6.90. The number of hydrogen-bond donors (Lipinski definition) is 0. The molecule has 0 amide bonds. The Morgan fingerprint density at radius 2 is 2.16 bits per heavy atom. The molecule has 1 rings (SSSR count). The molecule has 0 atom stereocenters. The second-order valence-corrected chi connectivity index (χ2v) is 4.76. The molecule has 0 radical (unpaired) electrons. The number of esters is 1. The van der Waals surface area contributed by atoms with Gasteiger partial charge in [0.2, 0.25) is 0 Å². The van der Waals surface area contributed by atoms with Gasteiger partial charge in [0.1, 0.15) is 0 Å². The molecule has 0 unspecified atom stereocenters. The average molecular weight is 288 g/mol. The van der Waals surface area contributed by atoms with Crippen LogP contribution < -0.4 is 0 Å². The number of carbonyl (C=O) groups is 1. The van der Waals surface area contributed by atoms with Gasteiger partial charge in [0, 0.05) is 20.1 Å². The van der Waals surface area contributed by atoms with E-state index in [2.05, 4.69) is 21.7 Å². The maximum atomic E-state index is 11.2. The van der Waals surface area contributed by atoms with E-state index in [1.807, 2.05) is 18.7 Å². The molecule has 5 nitrogen and oxygen atoms in total. The highest BCUT2D eigenvalue weighted by atomic mass is 35.5. The van der Waals surface area contributed by atoms with Crippen molar-refractivity contribution in [2.24, 2.45) is 7.05 Å². The topological polar surface area (TPSA) is 47.4 Å². The van der Waals surface area contributed by atoms with Gasteiger partial charge >= 0.3 is 5.97 Å². The zero-order valence-electron chi connectivity index (χ0n) is 12.1. The van der Waals surface area contributed by atoms with E-state index < -0.39 is 0 Å². The van der Waals surface area contributed by atoms with Crippen LogP contribution in [0.4, 0.5) is 0 Å². The molecule has 0 fully saturated rings. The normalized spacial score (nSPS) is 11.1. The lowest BCUT2D eigenvalue weighted by atomic mass is 10.2. The fourth-order valence-electron chi connectivity index (χ4n) is 1.90. The molecule has 0 saturated carbocycles. The van der Waals surface area contributed by atoms with Crippen molar-refractivity contribution in [3.05, 3.63) is 16.4 Å². The molecule has 1 aromatic heterocycles. The number of nitrogens with zero attached hydrogens (tertiary/aromatic N) is 3. The summed E-state index contributed by atoms with van der Waals surface area (Å²) < 4.78 is 6.48. The second-order valence-electron chi connectivity index (χ2n) is 4.38. The van der Waals surface area contributed by atoms with E-state index in [0.717, 1.165) is 29.4 Å². The Balaban J connectivity index is 2.70. The van der Waals surface area contributed by atoms with Gasteiger partial charge in [0.25, 0.3) is 0 Å². The summed E-state index contributed by atoms with van der Waals surface area (Å²) in [5, 5.41) is 5.13. The van der Waals surface area contributed by atoms with Gasteiger partial charge in [-0.25, -0.2) is 0 Å². The van der Waals surface area contributed by atoms with Crippen molar-refractivity contribution in [1.29, 1.82) is 0 Å². The Kier molecular flexibility index (Phi) is 6.31. The number of ether oxygens (including phenoxy) is 1. The van der Waals surface area contributed by atoms with Crippen molar-refractivity contribution in [2.75, 3.05) is 20.2 Å². The van der Waals surface area contributed by atoms with Gasteiger partial charge in [-0.1, -0.05) is 25.4 Å². The summed E-state index contributed by atoms with van der Waals surface area (Å²) in [5.41, 5.74) is 1.91. The molecule has 0 spiro atoms. The van der Waals surface area contributed by atoms with Crippen molar-refractivity contribution in [3.63, 3.8) is 0 Å². The van der Waals surface area contributed by atoms with Crippen molar-refractivity contribution in [3.8, 4) is 0 Å². The van der Waals surface area contributed by atoms with Crippen LogP contribution in [0.15, 0.2) is 0 Å². The van der Waals surface area contributed by atoms with Crippen molar-refractivity contribution < 1.29 is 9.53 Å². The maximum absolute atomic E-state index is 11.2.